The molecule has 2 aromatic rings. The van der Waals surface area contributed by atoms with Crippen LogP contribution in [0, 0.1) is 0 Å². The predicted molar refractivity (Wildman–Crippen MR) is 95.0 cm³/mol. The molecule has 0 N–H and O–H groups in total. The van der Waals surface area contributed by atoms with Crippen molar-refractivity contribution >= 4 is 11.9 Å². The minimum Gasteiger partial charge on any atom is -0.496 e. The molecule has 0 heterocycles. The zero-order valence-corrected chi connectivity index (χ0v) is 13.8. The summed E-state index contributed by atoms with van der Waals surface area (Å²) < 4.78 is 16.0. The van der Waals surface area contributed by atoms with Crippen LogP contribution >= 0.6 is 0 Å². The fourth-order valence-corrected chi connectivity index (χ4v) is 2.17. The Balaban J connectivity index is 2.17. The summed E-state index contributed by atoms with van der Waals surface area (Å²) in [6.07, 6.45) is 4.87. The Labute approximate surface area is 142 Å². The van der Waals surface area contributed by atoms with E-state index in [-0.39, 0.29) is 5.78 Å². The van der Waals surface area contributed by atoms with Crippen molar-refractivity contribution in [2.24, 2.45) is 0 Å². The Morgan fingerprint density at radius 3 is 2.21 bits per heavy atom. The van der Waals surface area contributed by atoms with Crippen LogP contribution in [0.4, 0.5) is 0 Å². The second-order valence-corrected chi connectivity index (χ2v) is 4.90. The Morgan fingerprint density at radius 2 is 1.67 bits per heavy atom. The fraction of sp³-hybridized carbons (Fsp3) is 0.150. The summed E-state index contributed by atoms with van der Waals surface area (Å²) in [6, 6.07) is 12.4. The molecular formula is C20H20O4. The lowest BCUT2D eigenvalue weighted by Gasteiger charge is -2.09. The molecule has 0 radical (unpaired) electrons. The third-order valence-electron chi connectivity index (χ3n) is 3.37. The quantitative estimate of drug-likeness (QED) is 0.415. The van der Waals surface area contributed by atoms with Crippen molar-refractivity contribution in [3.63, 3.8) is 0 Å². The van der Waals surface area contributed by atoms with Gasteiger partial charge in [-0.15, -0.1) is 0 Å². The normalized spacial score (nSPS) is 10.4. The molecule has 0 atom stereocenters. The molecule has 0 amide bonds. The molecule has 0 fully saturated rings. The molecule has 0 aliphatic rings. The number of rotatable bonds is 8. The van der Waals surface area contributed by atoms with Crippen LogP contribution in [0.3, 0.4) is 0 Å². The molecule has 0 aliphatic heterocycles. The average Bonchev–Trinajstić information content (AvgIpc) is 2.64. The zero-order chi connectivity index (χ0) is 17.4. The van der Waals surface area contributed by atoms with Crippen LogP contribution in [0.1, 0.15) is 15.9 Å². The second kappa shape index (κ2) is 8.58. The van der Waals surface area contributed by atoms with E-state index in [0.29, 0.717) is 29.4 Å². The SMILES string of the molecule is C=CCOc1ccc(C(=O)/C=C/c2c(OC)cccc2OC)cc1. The molecule has 24 heavy (non-hydrogen) atoms. The van der Waals surface area contributed by atoms with Gasteiger partial charge in [0, 0.05) is 5.56 Å². The van der Waals surface area contributed by atoms with Crippen LogP contribution in [-0.2, 0) is 0 Å². The van der Waals surface area contributed by atoms with E-state index in [2.05, 4.69) is 6.58 Å². The summed E-state index contributed by atoms with van der Waals surface area (Å²) in [7, 11) is 3.16. The predicted octanol–water partition coefficient (Wildman–Crippen LogP) is 4.16. The van der Waals surface area contributed by atoms with Crippen molar-refractivity contribution in [3.05, 3.63) is 72.3 Å². The Morgan fingerprint density at radius 1 is 1.04 bits per heavy atom. The number of ether oxygens (including phenoxy) is 3. The number of benzene rings is 2. The van der Waals surface area contributed by atoms with Gasteiger partial charge in [-0.25, -0.2) is 0 Å². The Hall–Kier alpha value is -3.01. The maximum atomic E-state index is 12.3. The molecule has 2 aromatic carbocycles. The van der Waals surface area contributed by atoms with Crippen molar-refractivity contribution in [1.29, 1.82) is 0 Å². The number of allylic oxidation sites excluding steroid dienone is 1. The van der Waals surface area contributed by atoms with Crippen molar-refractivity contribution in [2.75, 3.05) is 20.8 Å². The van der Waals surface area contributed by atoms with Gasteiger partial charge >= 0.3 is 0 Å². The van der Waals surface area contributed by atoms with Gasteiger partial charge in [0.05, 0.1) is 19.8 Å². The molecule has 0 saturated heterocycles. The van der Waals surface area contributed by atoms with Crippen LogP contribution in [0.15, 0.2) is 61.2 Å². The summed E-state index contributed by atoms with van der Waals surface area (Å²) in [6.45, 7) is 4.03. The number of hydrogen-bond donors (Lipinski definition) is 0. The molecule has 0 unspecified atom stereocenters. The van der Waals surface area contributed by atoms with Crippen LogP contribution < -0.4 is 14.2 Å². The van der Waals surface area contributed by atoms with Gasteiger partial charge in [0.25, 0.3) is 0 Å². The Bertz CT molecular complexity index is 708. The monoisotopic (exact) mass is 324 g/mol. The molecule has 0 saturated carbocycles. The highest BCUT2D eigenvalue weighted by atomic mass is 16.5. The van der Waals surface area contributed by atoms with Crippen molar-refractivity contribution in [2.45, 2.75) is 0 Å². The van der Waals surface area contributed by atoms with Crippen LogP contribution in [0.25, 0.3) is 6.08 Å². The van der Waals surface area contributed by atoms with Gasteiger partial charge in [-0.3, -0.25) is 4.79 Å². The summed E-state index contributed by atoms with van der Waals surface area (Å²) in [5.41, 5.74) is 1.30. The number of carbonyl (C=O) groups is 1. The van der Waals surface area contributed by atoms with Gasteiger partial charge in [-0.1, -0.05) is 18.7 Å². The molecule has 0 bridgehead atoms. The summed E-state index contributed by atoms with van der Waals surface area (Å²) in [4.78, 5) is 12.3. The third kappa shape index (κ3) is 4.26. The summed E-state index contributed by atoms with van der Waals surface area (Å²) >= 11 is 0. The van der Waals surface area contributed by atoms with E-state index >= 15 is 0 Å². The van der Waals surface area contributed by atoms with Gasteiger partial charge in [-0.2, -0.15) is 0 Å². The molecular weight excluding hydrogens is 304 g/mol. The van der Waals surface area contributed by atoms with Crippen molar-refractivity contribution in [1.82, 2.24) is 0 Å². The zero-order valence-electron chi connectivity index (χ0n) is 13.8. The largest absolute Gasteiger partial charge is 0.496 e. The highest BCUT2D eigenvalue weighted by Crippen LogP contribution is 2.29. The molecule has 0 aliphatic carbocycles. The van der Waals surface area contributed by atoms with Gasteiger partial charge in [0.2, 0.25) is 0 Å². The van der Waals surface area contributed by atoms with Gasteiger partial charge in [0.15, 0.2) is 5.78 Å². The van der Waals surface area contributed by atoms with E-state index in [9.17, 15) is 4.79 Å². The highest BCUT2D eigenvalue weighted by molar-refractivity contribution is 6.07. The number of methoxy groups -OCH3 is 2. The summed E-state index contributed by atoms with van der Waals surface area (Å²) in [5, 5.41) is 0. The fourth-order valence-electron chi connectivity index (χ4n) is 2.17. The minimum absolute atomic E-state index is 0.113. The maximum Gasteiger partial charge on any atom is 0.185 e. The minimum atomic E-state index is -0.113. The smallest absolute Gasteiger partial charge is 0.185 e. The van der Waals surface area contributed by atoms with E-state index in [4.69, 9.17) is 14.2 Å². The van der Waals surface area contributed by atoms with E-state index in [0.717, 1.165) is 5.56 Å². The third-order valence-corrected chi connectivity index (χ3v) is 3.37. The molecule has 4 nitrogen and oxygen atoms in total. The topological polar surface area (TPSA) is 44.8 Å². The van der Waals surface area contributed by atoms with E-state index < -0.39 is 0 Å². The van der Waals surface area contributed by atoms with Crippen LogP contribution in [-0.4, -0.2) is 26.6 Å². The van der Waals surface area contributed by atoms with Crippen molar-refractivity contribution < 1.29 is 19.0 Å². The highest BCUT2D eigenvalue weighted by Gasteiger charge is 2.08. The van der Waals surface area contributed by atoms with Crippen LogP contribution in [0.2, 0.25) is 0 Å². The van der Waals surface area contributed by atoms with E-state index in [1.807, 2.05) is 18.2 Å². The number of hydrogen-bond acceptors (Lipinski definition) is 4. The first-order valence-electron chi connectivity index (χ1n) is 7.46. The molecule has 0 spiro atoms. The maximum absolute atomic E-state index is 12.3. The molecule has 4 heteroatoms. The van der Waals surface area contributed by atoms with Crippen LogP contribution in [0.5, 0.6) is 17.2 Å². The van der Waals surface area contributed by atoms with E-state index in [1.165, 1.54) is 6.08 Å². The molecule has 2 rings (SSSR count). The lowest BCUT2D eigenvalue weighted by molar-refractivity contribution is 0.104. The van der Waals surface area contributed by atoms with Gasteiger partial charge in [-0.05, 0) is 48.6 Å². The lowest BCUT2D eigenvalue weighted by Crippen LogP contribution is -1.97. The molecule has 0 aromatic heterocycles. The Kier molecular flexibility index (Phi) is 6.20. The number of carbonyl (C=O) groups excluding carboxylic acids is 1. The first kappa shape index (κ1) is 17.3. The first-order valence-corrected chi connectivity index (χ1v) is 7.46. The second-order valence-electron chi connectivity index (χ2n) is 4.90. The lowest BCUT2D eigenvalue weighted by atomic mass is 10.1. The standard InChI is InChI=1S/C20H20O4/c1-4-14-24-16-10-8-15(9-11-16)18(21)13-12-17-19(22-2)6-5-7-20(17)23-3/h4-13H,1,14H2,2-3H3/b13-12+. The van der Waals surface area contributed by atoms with E-state index in [1.54, 1.807) is 50.6 Å². The average molecular weight is 324 g/mol. The first-order chi connectivity index (χ1) is 11.7. The molecule has 124 valence electrons. The number of ketones is 1. The summed E-state index contributed by atoms with van der Waals surface area (Å²) in [5.74, 6) is 1.87. The van der Waals surface area contributed by atoms with Gasteiger partial charge in [0.1, 0.15) is 23.9 Å². The van der Waals surface area contributed by atoms with Crippen molar-refractivity contribution in [3.8, 4) is 17.2 Å². The van der Waals surface area contributed by atoms with Gasteiger partial charge < -0.3 is 14.2 Å².